The predicted molar refractivity (Wildman–Crippen MR) is 91.0 cm³/mol. The van der Waals surface area contributed by atoms with E-state index in [2.05, 4.69) is 15.6 Å². The van der Waals surface area contributed by atoms with E-state index in [4.69, 9.17) is 15.2 Å². The van der Waals surface area contributed by atoms with Crippen LogP contribution in [0.15, 0.2) is 42.6 Å². The lowest BCUT2D eigenvalue weighted by atomic mass is 10.2. The Morgan fingerprint density at radius 3 is 2.60 bits per heavy atom. The summed E-state index contributed by atoms with van der Waals surface area (Å²) in [5.41, 5.74) is 6.64. The highest BCUT2D eigenvalue weighted by atomic mass is 16.5. The first-order valence-corrected chi connectivity index (χ1v) is 7.58. The van der Waals surface area contributed by atoms with Crippen LogP contribution in [-0.2, 0) is 17.9 Å². The molecule has 4 N–H and O–H groups in total. The van der Waals surface area contributed by atoms with Crippen molar-refractivity contribution >= 4 is 11.9 Å². The number of carbonyl (C=O) groups excluding carboxylic acids is 2. The molecule has 2 rings (SSSR count). The molecule has 132 valence electrons. The van der Waals surface area contributed by atoms with Crippen molar-refractivity contribution in [3.8, 4) is 11.5 Å². The zero-order valence-electron chi connectivity index (χ0n) is 13.8. The van der Waals surface area contributed by atoms with E-state index >= 15 is 0 Å². The summed E-state index contributed by atoms with van der Waals surface area (Å²) in [6.45, 7) is 0.417. The Labute approximate surface area is 145 Å². The van der Waals surface area contributed by atoms with E-state index in [-0.39, 0.29) is 12.6 Å². The molecule has 1 aromatic carbocycles. The predicted octanol–water partition coefficient (Wildman–Crippen LogP) is 0.954. The average molecular weight is 344 g/mol. The normalized spacial score (nSPS) is 9.96. The number of primary amides is 1. The second kappa shape index (κ2) is 9.11. The van der Waals surface area contributed by atoms with Crippen molar-refractivity contribution in [3.05, 3.63) is 53.9 Å². The third kappa shape index (κ3) is 6.02. The SMILES string of the molecule is COc1cc(CNC(=O)NCc2ccccn2)ccc1OCC(N)=O. The highest BCUT2D eigenvalue weighted by molar-refractivity contribution is 5.75. The Hall–Kier alpha value is -3.29. The van der Waals surface area contributed by atoms with Gasteiger partial charge in [-0.2, -0.15) is 0 Å². The van der Waals surface area contributed by atoms with Crippen LogP contribution in [0, 0.1) is 0 Å². The van der Waals surface area contributed by atoms with Crippen molar-refractivity contribution < 1.29 is 19.1 Å². The summed E-state index contributed by atoms with van der Waals surface area (Å²) < 4.78 is 10.5. The van der Waals surface area contributed by atoms with Gasteiger partial charge in [-0.25, -0.2) is 4.79 Å². The van der Waals surface area contributed by atoms with E-state index in [0.29, 0.717) is 24.6 Å². The number of methoxy groups -OCH3 is 1. The number of benzene rings is 1. The lowest BCUT2D eigenvalue weighted by Crippen LogP contribution is -2.34. The summed E-state index contributed by atoms with van der Waals surface area (Å²) in [5.74, 6) is 0.288. The van der Waals surface area contributed by atoms with Crippen LogP contribution in [0.25, 0.3) is 0 Å². The maximum absolute atomic E-state index is 11.8. The fourth-order valence-corrected chi connectivity index (χ4v) is 2.01. The number of nitrogens with one attached hydrogen (secondary N) is 2. The Kier molecular flexibility index (Phi) is 6.58. The van der Waals surface area contributed by atoms with Crippen molar-refractivity contribution in [1.82, 2.24) is 15.6 Å². The van der Waals surface area contributed by atoms with E-state index in [0.717, 1.165) is 11.3 Å². The number of hydrogen-bond donors (Lipinski definition) is 3. The van der Waals surface area contributed by atoms with Gasteiger partial charge in [0.2, 0.25) is 0 Å². The molecule has 0 bridgehead atoms. The van der Waals surface area contributed by atoms with Gasteiger partial charge in [0.25, 0.3) is 5.91 Å². The molecule has 0 saturated carbocycles. The second-order valence-electron chi connectivity index (χ2n) is 5.10. The summed E-state index contributed by atoms with van der Waals surface area (Å²) in [6.07, 6.45) is 1.67. The average Bonchev–Trinajstić information content (AvgIpc) is 2.64. The lowest BCUT2D eigenvalue weighted by molar-refractivity contribution is -0.119. The molecule has 0 saturated heterocycles. The number of carbonyl (C=O) groups is 2. The number of nitrogens with two attached hydrogens (primary N) is 1. The van der Waals surface area contributed by atoms with E-state index in [1.165, 1.54) is 7.11 Å². The van der Waals surface area contributed by atoms with Crippen molar-refractivity contribution in [2.24, 2.45) is 5.73 Å². The highest BCUT2D eigenvalue weighted by Gasteiger charge is 2.08. The molecule has 0 unspecified atom stereocenters. The number of amides is 3. The van der Waals surface area contributed by atoms with Crippen LogP contribution >= 0.6 is 0 Å². The molecule has 0 radical (unpaired) electrons. The highest BCUT2D eigenvalue weighted by Crippen LogP contribution is 2.27. The van der Waals surface area contributed by atoms with Gasteiger partial charge >= 0.3 is 6.03 Å². The molecule has 0 aliphatic carbocycles. The van der Waals surface area contributed by atoms with E-state index in [9.17, 15) is 9.59 Å². The number of nitrogens with zero attached hydrogens (tertiary/aromatic N) is 1. The molecule has 2 aromatic rings. The minimum absolute atomic E-state index is 0.232. The van der Waals surface area contributed by atoms with Gasteiger partial charge in [0.05, 0.1) is 19.3 Å². The zero-order chi connectivity index (χ0) is 18.1. The summed E-state index contributed by atoms with van der Waals surface area (Å²) in [6, 6.07) is 10.3. The minimum atomic E-state index is -0.572. The molecule has 0 atom stereocenters. The van der Waals surface area contributed by atoms with E-state index < -0.39 is 5.91 Å². The molecule has 25 heavy (non-hydrogen) atoms. The second-order valence-corrected chi connectivity index (χ2v) is 5.10. The van der Waals surface area contributed by atoms with Crippen LogP contribution in [0.2, 0.25) is 0 Å². The number of rotatable bonds is 8. The fraction of sp³-hybridized carbons (Fsp3) is 0.235. The molecule has 1 aromatic heterocycles. The van der Waals surface area contributed by atoms with E-state index in [1.54, 1.807) is 24.4 Å². The van der Waals surface area contributed by atoms with Crippen molar-refractivity contribution in [1.29, 1.82) is 0 Å². The van der Waals surface area contributed by atoms with Crippen LogP contribution in [0.1, 0.15) is 11.3 Å². The molecule has 8 heteroatoms. The molecule has 0 fully saturated rings. The molecular weight excluding hydrogens is 324 g/mol. The summed E-state index contributed by atoms with van der Waals surface area (Å²) in [5, 5.41) is 5.46. The van der Waals surface area contributed by atoms with Crippen LogP contribution in [-0.4, -0.2) is 30.6 Å². The Balaban J connectivity index is 1.85. The first-order chi connectivity index (χ1) is 12.1. The Bertz CT molecular complexity index is 722. The fourth-order valence-electron chi connectivity index (χ4n) is 2.01. The summed E-state index contributed by atoms with van der Waals surface area (Å²) in [4.78, 5) is 26.7. The smallest absolute Gasteiger partial charge is 0.315 e. The minimum Gasteiger partial charge on any atom is -0.493 e. The third-order valence-electron chi connectivity index (χ3n) is 3.21. The Morgan fingerprint density at radius 2 is 1.92 bits per heavy atom. The van der Waals surface area contributed by atoms with E-state index in [1.807, 2.05) is 18.2 Å². The maximum Gasteiger partial charge on any atom is 0.315 e. The molecule has 0 spiro atoms. The monoisotopic (exact) mass is 344 g/mol. The first kappa shape index (κ1) is 18.1. The van der Waals surface area contributed by atoms with Gasteiger partial charge in [-0.05, 0) is 29.8 Å². The zero-order valence-corrected chi connectivity index (χ0v) is 13.8. The van der Waals surface area contributed by atoms with Crippen LogP contribution in [0.5, 0.6) is 11.5 Å². The number of ether oxygens (including phenoxy) is 2. The molecular formula is C17H20N4O4. The standard InChI is InChI=1S/C17H20N4O4/c1-24-15-8-12(5-6-14(15)25-11-16(18)22)9-20-17(23)21-10-13-4-2-3-7-19-13/h2-8H,9-11H2,1H3,(H2,18,22)(H2,20,21,23). The topological polar surface area (TPSA) is 116 Å². The number of urea groups is 1. The van der Waals surface area contributed by atoms with Crippen LogP contribution in [0.4, 0.5) is 4.79 Å². The quantitative estimate of drug-likeness (QED) is 0.659. The molecule has 3 amide bonds. The number of aromatic nitrogens is 1. The van der Waals surface area contributed by atoms with Crippen LogP contribution < -0.4 is 25.8 Å². The summed E-state index contributed by atoms with van der Waals surface area (Å²) in [7, 11) is 1.49. The van der Waals surface area contributed by atoms with Gasteiger partial charge in [0.15, 0.2) is 18.1 Å². The third-order valence-corrected chi connectivity index (χ3v) is 3.21. The Morgan fingerprint density at radius 1 is 1.12 bits per heavy atom. The van der Waals surface area contributed by atoms with Gasteiger partial charge in [0, 0.05) is 12.7 Å². The molecule has 8 nitrogen and oxygen atoms in total. The summed E-state index contributed by atoms with van der Waals surface area (Å²) >= 11 is 0. The van der Waals surface area contributed by atoms with Gasteiger partial charge in [0.1, 0.15) is 0 Å². The van der Waals surface area contributed by atoms with Crippen molar-refractivity contribution in [3.63, 3.8) is 0 Å². The van der Waals surface area contributed by atoms with Gasteiger partial charge < -0.3 is 25.8 Å². The van der Waals surface area contributed by atoms with Crippen molar-refractivity contribution in [2.75, 3.05) is 13.7 Å². The van der Waals surface area contributed by atoms with Gasteiger partial charge in [-0.15, -0.1) is 0 Å². The largest absolute Gasteiger partial charge is 0.493 e. The first-order valence-electron chi connectivity index (χ1n) is 7.58. The number of pyridine rings is 1. The van der Waals surface area contributed by atoms with Crippen molar-refractivity contribution in [2.45, 2.75) is 13.1 Å². The van der Waals surface area contributed by atoms with Gasteiger partial charge in [-0.3, -0.25) is 9.78 Å². The lowest BCUT2D eigenvalue weighted by Gasteiger charge is -2.12. The molecule has 0 aliphatic heterocycles. The van der Waals surface area contributed by atoms with Crippen LogP contribution in [0.3, 0.4) is 0 Å². The number of hydrogen-bond acceptors (Lipinski definition) is 5. The maximum atomic E-state index is 11.8. The molecule has 0 aliphatic rings. The molecule has 1 heterocycles. The van der Waals surface area contributed by atoms with Gasteiger partial charge in [-0.1, -0.05) is 12.1 Å².